The molecule has 3 heteroatoms. The number of aromatic amines is 1. The lowest BCUT2D eigenvalue weighted by Crippen LogP contribution is -2.33. The first-order chi connectivity index (χ1) is 8.70. The van der Waals surface area contributed by atoms with Crippen molar-refractivity contribution in [3.63, 3.8) is 0 Å². The highest BCUT2D eigenvalue weighted by atomic mass is 32.2. The van der Waals surface area contributed by atoms with Crippen LogP contribution >= 0.6 is 11.8 Å². The molecule has 0 aliphatic heterocycles. The fraction of sp³-hybridized carbons (Fsp3) is 0.467. The van der Waals surface area contributed by atoms with Crippen LogP contribution in [-0.4, -0.2) is 36.3 Å². The van der Waals surface area contributed by atoms with Crippen LogP contribution in [0.1, 0.15) is 17.7 Å². The van der Waals surface area contributed by atoms with Crippen LogP contribution in [0, 0.1) is 0 Å². The summed E-state index contributed by atoms with van der Waals surface area (Å²) in [7, 11) is 4.38. The number of thioether (sulfide) groups is 1. The van der Waals surface area contributed by atoms with Crippen LogP contribution in [0.5, 0.6) is 0 Å². The van der Waals surface area contributed by atoms with E-state index in [9.17, 15) is 0 Å². The first kappa shape index (κ1) is 12.1. The van der Waals surface area contributed by atoms with Crippen LogP contribution in [0.4, 0.5) is 0 Å². The van der Waals surface area contributed by atoms with Gasteiger partial charge in [-0.3, -0.25) is 0 Å². The minimum atomic E-state index is 0.689. The second-order valence-electron chi connectivity index (χ2n) is 5.33. The molecule has 1 aliphatic rings. The molecule has 1 N–H and O–H groups in total. The number of aryl methyl sites for hydroxylation is 1. The zero-order valence-electron chi connectivity index (χ0n) is 11.3. The van der Waals surface area contributed by atoms with Crippen LogP contribution < -0.4 is 0 Å². The SMILES string of the molecule is CSc1cccc2c3c([nH]c12)CC[C@@H](N(C)C)C3. The van der Waals surface area contributed by atoms with E-state index in [1.54, 1.807) is 5.56 Å². The van der Waals surface area contributed by atoms with Crippen LogP contribution in [-0.2, 0) is 12.8 Å². The number of likely N-dealkylation sites (N-methyl/N-ethyl adjacent to an activating group) is 1. The Morgan fingerprint density at radius 3 is 2.89 bits per heavy atom. The van der Waals surface area contributed by atoms with Gasteiger partial charge in [0.2, 0.25) is 0 Å². The summed E-state index contributed by atoms with van der Waals surface area (Å²) >= 11 is 1.83. The van der Waals surface area contributed by atoms with E-state index in [4.69, 9.17) is 0 Å². The summed E-state index contributed by atoms with van der Waals surface area (Å²) in [6, 6.07) is 7.34. The van der Waals surface area contributed by atoms with Crippen molar-refractivity contribution in [3.05, 3.63) is 29.5 Å². The number of hydrogen-bond acceptors (Lipinski definition) is 2. The van der Waals surface area contributed by atoms with Crippen molar-refractivity contribution < 1.29 is 0 Å². The second kappa shape index (κ2) is 4.63. The lowest BCUT2D eigenvalue weighted by atomic mass is 9.91. The monoisotopic (exact) mass is 260 g/mol. The minimum absolute atomic E-state index is 0.689. The van der Waals surface area contributed by atoms with Crippen LogP contribution in [0.15, 0.2) is 23.1 Å². The van der Waals surface area contributed by atoms with Gasteiger partial charge in [-0.1, -0.05) is 12.1 Å². The quantitative estimate of drug-likeness (QED) is 0.835. The third kappa shape index (κ3) is 1.86. The molecule has 0 fully saturated rings. The van der Waals surface area contributed by atoms with Crippen LogP contribution in [0.3, 0.4) is 0 Å². The van der Waals surface area contributed by atoms with Crippen molar-refractivity contribution in [1.29, 1.82) is 0 Å². The fourth-order valence-corrected chi connectivity index (χ4v) is 3.59. The zero-order valence-corrected chi connectivity index (χ0v) is 12.1. The van der Waals surface area contributed by atoms with Crippen molar-refractivity contribution in [2.24, 2.45) is 0 Å². The van der Waals surface area contributed by atoms with Gasteiger partial charge in [-0.05, 0) is 51.2 Å². The van der Waals surface area contributed by atoms with Crippen molar-refractivity contribution in [2.75, 3.05) is 20.4 Å². The topological polar surface area (TPSA) is 19.0 Å². The van der Waals surface area contributed by atoms with Gasteiger partial charge < -0.3 is 9.88 Å². The van der Waals surface area contributed by atoms with E-state index in [1.165, 1.54) is 40.8 Å². The van der Waals surface area contributed by atoms with Crippen molar-refractivity contribution >= 4 is 22.7 Å². The first-order valence-electron chi connectivity index (χ1n) is 6.53. The molecule has 0 radical (unpaired) electrons. The predicted molar refractivity (Wildman–Crippen MR) is 79.6 cm³/mol. The highest BCUT2D eigenvalue weighted by Crippen LogP contribution is 2.34. The molecule has 1 aromatic carbocycles. The number of H-pyrrole nitrogens is 1. The van der Waals surface area contributed by atoms with Gasteiger partial charge >= 0.3 is 0 Å². The van der Waals surface area contributed by atoms with Crippen molar-refractivity contribution in [1.82, 2.24) is 9.88 Å². The summed E-state index contributed by atoms with van der Waals surface area (Å²) in [4.78, 5) is 7.38. The van der Waals surface area contributed by atoms with Crippen LogP contribution in [0.25, 0.3) is 10.9 Å². The van der Waals surface area contributed by atoms with Crippen molar-refractivity contribution in [2.45, 2.75) is 30.2 Å². The van der Waals surface area contributed by atoms with Gasteiger partial charge in [-0.15, -0.1) is 11.8 Å². The smallest absolute Gasteiger partial charge is 0.0596 e. The number of para-hydroxylation sites is 1. The van der Waals surface area contributed by atoms with Gasteiger partial charge in [0.1, 0.15) is 0 Å². The normalized spacial score (nSPS) is 19.4. The molecule has 1 atom stereocenters. The number of fused-ring (bicyclic) bond motifs is 3. The Morgan fingerprint density at radius 1 is 1.33 bits per heavy atom. The van der Waals surface area contributed by atoms with E-state index >= 15 is 0 Å². The number of hydrogen-bond donors (Lipinski definition) is 1. The maximum Gasteiger partial charge on any atom is 0.0596 e. The Morgan fingerprint density at radius 2 is 2.17 bits per heavy atom. The largest absolute Gasteiger partial charge is 0.357 e. The van der Waals surface area contributed by atoms with E-state index in [2.05, 4.69) is 48.4 Å². The summed E-state index contributed by atoms with van der Waals surface area (Å²) in [5.41, 5.74) is 4.35. The molecule has 2 aromatic rings. The molecule has 0 unspecified atom stereocenters. The van der Waals surface area contributed by atoms with Gasteiger partial charge in [-0.2, -0.15) is 0 Å². The predicted octanol–water partition coefficient (Wildman–Crippen LogP) is 3.31. The molecule has 0 saturated heterocycles. The van der Waals surface area contributed by atoms with Gasteiger partial charge in [0.25, 0.3) is 0 Å². The number of benzene rings is 1. The Labute approximate surface area is 113 Å². The van der Waals surface area contributed by atoms with E-state index < -0.39 is 0 Å². The van der Waals surface area contributed by atoms with E-state index in [1.807, 2.05) is 11.8 Å². The molecule has 1 aromatic heterocycles. The molecule has 1 aliphatic carbocycles. The standard InChI is InChI=1S/C15H20N2S/c1-17(2)10-7-8-13-12(9-10)11-5-4-6-14(18-3)15(11)16-13/h4-6,10,16H,7-9H2,1-3H3/t10-/m1/s1. The second-order valence-corrected chi connectivity index (χ2v) is 6.17. The lowest BCUT2D eigenvalue weighted by molar-refractivity contribution is 0.268. The Hall–Kier alpha value is -0.930. The molecule has 96 valence electrons. The number of nitrogens with one attached hydrogen (secondary N) is 1. The first-order valence-corrected chi connectivity index (χ1v) is 7.76. The van der Waals surface area contributed by atoms with Gasteiger partial charge in [0.15, 0.2) is 0 Å². The Balaban J connectivity index is 2.11. The molecule has 18 heavy (non-hydrogen) atoms. The number of aromatic nitrogens is 1. The molecule has 2 nitrogen and oxygen atoms in total. The molecular formula is C15H20N2S. The molecule has 0 spiro atoms. The maximum absolute atomic E-state index is 3.66. The number of nitrogens with zero attached hydrogens (tertiary/aromatic N) is 1. The summed E-state index contributed by atoms with van der Waals surface area (Å²) in [5, 5.41) is 1.43. The molecule has 3 rings (SSSR count). The number of rotatable bonds is 2. The molecule has 0 bridgehead atoms. The average molecular weight is 260 g/mol. The summed E-state index contributed by atoms with van der Waals surface area (Å²) < 4.78 is 0. The fourth-order valence-electron chi connectivity index (χ4n) is 3.01. The third-order valence-electron chi connectivity index (χ3n) is 4.11. The third-order valence-corrected chi connectivity index (χ3v) is 4.89. The Bertz CT molecular complexity index is 571. The molecular weight excluding hydrogens is 240 g/mol. The minimum Gasteiger partial charge on any atom is -0.357 e. The average Bonchev–Trinajstić information content (AvgIpc) is 2.76. The maximum atomic E-state index is 3.66. The summed E-state index contributed by atoms with van der Waals surface area (Å²) in [6.07, 6.45) is 5.78. The summed E-state index contributed by atoms with van der Waals surface area (Å²) in [5.74, 6) is 0. The van der Waals surface area contributed by atoms with Crippen LogP contribution in [0.2, 0.25) is 0 Å². The highest BCUT2D eigenvalue weighted by Gasteiger charge is 2.24. The zero-order chi connectivity index (χ0) is 12.7. The highest BCUT2D eigenvalue weighted by molar-refractivity contribution is 7.98. The van der Waals surface area contributed by atoms with E-state index in [0.717, 1.165) is 0 Å². The van der Waals surface area contributed by atoms with E-state index in [0.29, 0.717) is 6.04 Å². The summed E-state index contributed by atoms with van der Waals surface area (Å²) in [6.45, 7) is 0. The lowest BCUT2D eigenvalue weighted by Gasteiger charge is -2.28. The van der Waals surface area contributed by atoms with Gasteiger partial charge in [0.05, 0.1) is 5.52 Å². The molecule has 0 saturated carbocycles. The van der Waals surface area contributed by atoms with Gasteiger partial charge in [-0.25, -0.2) is 0 Å². The Kier molecular flexibility index (Phi) is 3.12. The molecule has 0 amide bonds. The molecule has 1 heterocycles. The van der Waals surface area contributed by atoms with Gasteiger partial charge in [0, 0.05) is 22.0 Å². The van der Waals surface area contributed by atoms with E-state index in [-0.39, 0.29) is 0 Å². The van der Waals surface area contributed by atoms with Crippen molar-refractivity contribution in [3.8, 4) is 0 Å².